The molecule has 0 radical (unpaired) electrons. The highest BCUT2D eigenvalue weighted by molar-refractivity contribution is 8.21. The van der Waals surface area contributed by atoms with Crippen molar-refractivity contribution in [3.8, 4) is 0 Å². The molecule has 0 aliphatic carbocycles. The van der Waals surface area contributed by atoms with Crippen LogP contribution in [0.3, 0.4) is 0 Å². The number of halogens is 3. The summed E-state index contributed by atoms with van der Waals surface area (Å²) >= 11 is 4.09. The first kappa shape index (κ1) is 19.7. The zero-order valence-electron chi connectivity index (χ0n) is 14.7. The zero-order chi connectivity index (χ0) is 18.6. The molecule has 0 amide bonds. The third-order valence-corrected chi connectivity index (χ3v) is 8.53. The smallest absolute Gasteiger partial charge is 0.335 e. The van der Waals surface area contributed by atoms with E-state index in [1.165, 1.54) is 18.6 Å². The van der Waals surface area contributed by atoms with Crippen LogP contribution in [0.5, 0.6) is 0 Å². The second kappa shape index (κ2) is 8.30. The molecular formula is C19H23F3N2S2. The maximum atomic E-state index is 12.7. The Balaban J connectivity index is 1.59. The molecule has 2 atom stereocenters. The molecule has 26 heavy (non-hydrogen) atoms. The number of imidazole rings is 1. The van der Waals surface area contributed by atoms with Crippen LogP contribution in [0.15, 0.2) is 43.0 Å². The van der Waals surface area contributed by atoms with Crippen molar-refractivity contribution in [2.45, 2.75) is 54.7 Å². The van der Waals surface area contributed by atoms with Crippen molar-refractivity contribution in [2.24, 2.45) is 0 Å². The van der Waals surface area contributed by atoms with E-state index >= 15 is 0 Å². The molecular weight excluding hydrogens is 377 g/mol. The van der Waals surface area contributed by atoms with E-state index in [4.69, 9.17) is 0 Å². The molecule has 1 aromatic heterocycles. The molecule has 142 valence electrons. The largest absolute Gasteiger partial charge is 0.416 e. The SMILES string of the molecule is CCC1CSC(CCCc2ccc(C(F)(F)F)cc2)(Cn2ccnc2)S1. The van der Waals surface area contributed by atoms with Gasteiger partial charge >= 0.3 is 6.18 Å². The van der Waals surface area contributed by atoms with Crippen molar-refractivity contribution >= 4 is 23.5 Å². The second-order valence-corrected chi connectivity index (χ2v) is 10.00. The Morgan fingerprint density at radius 3 is 2.62 bits per heavy atom. The highest BCUT2D eigenvalue weighted by Gasteiger charge is 2.40. The van der Waals surface area contributed by atoms with Gasteiger partial charge in [0.2, 0.25) is 0 Å². The molecule has 2 nitrogen and oxygen atoms in total. The van der Waals surface area contributed by atoms with Crippen molar-refractivity contribution in [1.29, 1.82) is 0 Å². The Kier molecular flexibility index (Phi) is 6.28. The molecule has 1 aromatic carbocycles. The first-order chi connectivity index (χ1) is 12.4. The topological polar surface area (TPSA) is 17.8 Å². The van der Waals surface area contributed by atoms with E-state index in [0.717, 1.165) is 37.1 Å². The van der Waals surface area contributed by atoms with Crippen LogP contribution in [0.1, 0.15) is 37.3 Å². The van der Waals surface area contributed by atoms with Crippen molar-refractivity contribution in [3.05, 3.63) is 54.1 Å². The van der Waals surface area contributed by atoms with E-state index in [0.29, 0.717) is 5.25 Å². The van der Waals surface area contributed by atoms with Crippen LogP contribution in [-0.4, -0.2) is 24.6 Å². The minimum atomic E-state index is -4.26. The van der Waals surface area contributed by atoms with Crippen LogP contribution in [0, 0.1) is 0 Å². The number of alkyl halides is 3. The number of aromatic nitrogens is 2. The summed E-state index contributed by atoms with van der Waals surface area (Å²) in [6.07, 6.45) is 5.38. The molecule has 0 saturated carbocycles. The summed E-state index contributed by atoms with van der Waals surface area (Å²) in [6.45, 7) is 3.15. The first-order valence-electron chi connectivity index (χ1n) is 8.84. The summed E-state index contributed by atoms with van der Waals surface area (Å²) in [7, 11) is 0. The minimum absolute atomic E-state index is 0.132. The van der Waals surface area contributed by atoms with Gasteiger partial charge in [-0.25, -0.2) is 4.98 Å². The summed E-state index contributed by atoms with van der Waals surface area (Å²) < 4.78 is 40.3. The normalized spacial score (nSPS) is 23.5. The molecule has 1 aliphatic rings. The van der Waals surface area contributed by atoms with Gasteiger partial charge in [0.05, 0.1) is 16.0 Å². The number of hydrogen-bond donors (Lipinski definition) is 0. The monoisotopic (exact) mass is 400 g/mol. The third-order valence-electron chi connectivity index (χ3n) is 4.66. The third kappa shape index (κ3) is 5.00. The van der Waals surface area contributed by atoms with Crippen LogP contribution in [0.2, 0.25) is 0 Å². The van der Waals surface area contributed by atoms with Crippen LogP contribution < -0.4 is 0 Å². The Labute approximate surface area is 161 Å². The fourth-order valence-corrected chi connectivity index (χ4v) is 7.07. The van der Waals surface area contributed by atoms with Gasteiger partial charge in [0.1, 0.15) is 0 Å². The molecule has 0 N–H and O–H groups in total. The zero-order valence-corrected chi connectivity index (χ0v) is 16.3. The molecule has 0 bridgehead atoms. The quantitative estimate of drug-likeness (QED) is 0.578. The van der Waals surface area contributed by atoms with Gasteiger partial charge in [0.25, 0.3) is 0 Å². The molecule has 2 heterocycles. The molecule has 7 heteroatoms. The summed E-state index contributed by atoms with van der Waals surface area (Å²) in [5, 5.41) is 0.676. The van der Waals surface area contributed by atoms with Crippen molar-refractivity contribution in [2.75, 3.05) is 5.75 Å². The van der Waals surface area contributed by atoms with Gasteiger partial charge in [0, 0.05) is 29.9 Å². The lowest BCUT2D eigenvalue weighted by Crippen LogP contribution is -2.25. The van der Waals surface area contributed by atoms with Crippen LogP contribution in [0.4, 0.5) is 13.2 Å². The summed E-state index contributed by atoms with van der Waals surface area (Å²) in [6, 6.07) is 5.58. The van der Waals surface area contributed by atoms with Crippen LogP contribution in [0.25, 0.3) is 0 Å². The van der Waals surface area contributed by atoms with Crippen molar-refractivity contribution in [3.63, 3.8) is 0 Å². The molecule has 0 spiro atoms. The highest BCUT2D eigenvalue weighted by Crippen LogP contribution is 2.52. The summed E-state index contributed by atoms with van der Waals surface area (Å²) in [5.74, 6) is 1.16. The van der Waals surface area contributed by atoms with E-state index < -0.39 is 11.7 Å². The summed E-state index contributed by atoms with van der Waals surface area (Å²) in [4.78, 5) is 4.14. The highest BCUT2D eigenvalue weighted by atomic mass is 32.2. The Hall–Kier alpha value is -1.08. The van der Waals surface area contributed by atoms with E-state index in [1.807, 2.05) is 24.3 Å². The van der Waals surface area contributed by atoms with Gasteiger partial charge in [-0.3, -0.25) is 0 Å². The molecule has 1 saturated heterocycles. The van der Waals surface area contributed by atoms with E-state index in [1.54, 1.807) is 18.3 Å². The number of thioether (sulfide) groups is 2. The number of nitrogens with zero attached hydrogens (tertiary/aromatic N) is 2. The molecule has 2 unspecified atom stereocenters. The maximum Gasteiger partial charge on any atom is 0.416 e. The van der Waals surface area contributed by atoms with Crippen LogP contribution in [-0.2, 0) is 19.1 Å². The average molecular weight is 401 g/mol. The Morgan fingerprint density at radius 2 is 2.04 bits per heavy atom. The predicted molar refractivity (Wildman–Crippen MR) is 103 cm³/mol. The molecule has 3 rings (SSSR count). The standard InChI is InChI=1S/C19H23F3N2S2/c1-2-17-12-25-18(26-17,13-24-11-10-23-14-24)9-3-4-15-5-7-16(8-6-15)19(20,21)22/h5-8,10-11,14,17H,2-4,9,12-13H2,1H3. The average Bonchev–Trinajstić information content (AvgIpc) is 3.25. The van der Waals surface area contributed by atoms with E-state index in [-0.39, 0.29) is 4.08 Å². The van der Waals surface area contributed by atoms with Gasteiger partial charge in [-0.05, 0) is 43.4 Å². The number of aryl methyl sites for hydroxylation is 1. The molecule has 1 aliphatic heterocycles. The number of rotatable bonds is 7. The molecule has 2 aromatic rings. The lowest BCUT2D eigenvalue weighted by molar-refractivity contribution is -0.137. The first-order valence-corrected chi connectivity index (χ1v) is 10.7. The maximum absolute atomic E-state index is 12.7. The van der Waals surface area contributed by atoms with E-state index in [2.05, 4.69) is 28.2 Å². The Bertz CT molecular complexity index is 686. The van der Waals surface area contributed by atoms with Crippen LogP contribution >= 0.6 is 23.5 Å². The van der Waals surface area contributed by atoms with Gasteiger partial charge < -0.3 is 4.57 Å². The number of benzene rings is 1. The van der Waals surface area contributed by atoms with Crippen molar-refractivity contribution < 1.29 is 13.2 Å². The number of hydrogen-bond acceptors (Lipinski definition) is 3. The van der Waals surface area contributed by atoms with Gasteiger partial charge in [-0.1, -0.05) is 19.1 Å². The van der Waals surface area contributed by atoms with Crippen molar-refractivity contribution in [1.82, 2.24) is 9.55 Å². The van der Waals surface area contributed by atoms with Gasteiger partial charge in [0.15, 0.2) is 0 Å². The van der Waals surface area contributed by atoms with Gasteiger partial charge in [-0.2, -0.15) is 13.2 Å². The lowest BCUT2D eigenvalue weighted by Gasteiger charge is -2.28. The fraction of sp³-hybridized carbons (Fsp3) is 0.526. The lowest BCUT2D eigenvalue weighted by atomic mass is 10.0. The minimum Gasteiger partial charge on any atom is -0.335 e. The Morgan fingerprint density at radius 1 is 1.27 bits per heavy atom. The molecule has 1 fully saturated rings. The predicted octanol–water partition coefficient (Wildman–Crippen LogP) is 5.88. The fourth-order valence-electron chi connectivity index (χ4n) is 3.19. The second-order valence-electron chi connectivity index (χ2n) is 6.65. The summed E-state index contributed by atoms with van der Waals surface area (Å²) in [5.41, 5.74) is 0.390. The van der Waals surface area contributed by atoms with Gasteiger partial charge in [-0.15, -0.1) is 23.5 Å². The van der Waals surface area contributed by atoms with E-state index in [9.17, 15) is 13.2 Å².